The molecule has 0 aliphatic carbocycles. The zero-order valence-electron chi connectivity index (χ0n) is 16.6. The second-order valence-electron chi connectivity index (χ2n) is 8.42. The lowest BCUT2D eigenvalue weighted by atomic mass is 9.85. The summed E-state index contributed by atoms with van der Waals surface area (Å²) in [6.45, 7) is 0. The van der Waals surface area contributed by atoms with Gasteiger partial charge in [0.2, 0.25) is 0 Å². The summed E-state index contributed by atoms with van der Waals surface area (Å²) in [6.07, 6.45) is 3.86. The van der Waals surface area contributed by atoms with E-state index in [4.69, 9.17) is 0 Å². The van der Waals surface area contributed by atoms with E-state index in [9.17, 15) is 14.0 Å². The molecule has 29 heavy (non-hydrogen) atoms. The van der Waals surface area contributed by atoms with Gasteiger partial charge in [0, 0.05) is 31.7 Å². The maximum absolute atomic E-state index is 13.4. The van der Waals surface area contributed by atoms with Crippen LogP contribution in [0.1, 0.15) is 47.5 Å². The Morgan fingerprint density at radius 3 is 2.21 bits per heavy atom. The third kappa shape index (κ3) is 2.81. The number of piperidine rings is 1. The first kappa shape index (κ1) is 18.2. The van der Waals surface area contributed by atoms with Gasteiger partial charge in [-0.1, -0.05) is 12.1 Å². The van der Waals surface area contributed by atoms with Crippen LogP contribution in [-0.2, 0) is 14.1 Å². The topological polar surface area (TPSA) is 47.2 Å². The number of halogens is 1. The van der Waals surface area contributed by atoms with Crippen molar-refractivity contribution in [3.8, 4) is 0 Å². The zero-order valence-corrected chi connectivity index (χ0v) is 16.6. The first-order valence-corrected chi connectivity index (χ1v) is 10.2. The lowest BCUT2D eigenvalue weighted by Crippen LogP contribution is -2.46. The molecular formula is C23H24FN3O2. The van der Waals surface area contributed by atoms with Crippen molar-refractivity contribution in [2.45, 2.75) is 43.7 Å². The van der Waals surface area contributed by atoms with Gasteiger partial charge in [0.05, 0.1) is 11.0 Å². The molecule has 3 heterocycles. The summed E-state index contributed by atoms with van der Waals surface area (Å²) in [4.78, 5) is 27.6. The standard InChI is InChI=1S/C23H24FN3O2/c1-25-20-10-5-15(13-21(20)26(2)23(25)29)22(28)27-18-8-9-19(27)12-16(11-18)14-3-6-17(24)7-4-14/h3-7,10,13,16,18-19H,8-9,11-12H2,1-2H3/t16-,18+,19-. The van der Waals surface area contributed by atoms with Crippen molar-refractivity contribution in [3.05, 3.63) is 69.9 Å². The number of fused-ring (bicyclic) bond motifs is 3. The highest BCUT2D eigenvalue weighted by Crippen LogP contribution is 2.43. The van der Waals surface area contributed by atoms with Gasteiger partial charge in [-0.3, -0.25) is 13.9 Å². The predicted octanol–water partition coefficient (Wildman–Crippen LogP) is 3.57. The Hall–Kier alpha value is -2.89. The van der Waals surface area contributed by atoms with E-state index < -0.39 is 0 Å². The van der Waals surface area contributed by atoms with Crippen molar-refractivity contribution < 1.29 is 9.18 Å². The minimum Gasteiger partial charge on any atom is -0.333 e. The zero-order chi connectivity index (χ0) is 20.3. The summed E-state index contributed by atoms with van der Waals surface area (Å²) in [5, 5.41) is 0. The van der Waals surface area contributed by atoms with Gasteiger partial charge >= 0.3 is 5.69 Å². The van der Waals surface area contributed by atoms with E-state index in [1.807, 2.05) is 30.3 Å². The number of aromatic nitrogens is 2. The minimum atomic E-state index is -0.213. The Balaban J connectivity index is 1.43. The molecule has 2 bridgehead atoms. The molecule has 2 aliphatic heterocycles. The number of carbonyl (C=O) groups is 1. The molecule has 3 aromatic rings. The number of carbonyl (C=O) groups excluding carboxylic acids is 1. The number of rotatable bonds is 2. The second kappa shape index (κ2) is 6.58. The average Bonchev–Trinajstić information content (AvgIpc) is 3.12. The molecule has 5 nitrogen and oxygen atoms in total. The summed E-state index contributed by atoms with van der Waals surface area (Å²) in [7, 11) is 3.48. The van der Waals surface area contributed by atoms with Crippen LogP contribution in [-0.4, -0.2) is 32.0 Å². The Labute approximate surface area is 168 Å². The van der Waals surface area contributed by atoms with Gasteiger partial charge in [-0.15, -0.1) is 0 Å². The molecule has 0 unspecified atom stereocenters. The van der Waals surface area contributed by atoms with Gasteiger partial charge < -0.3 is 4.90 Å². The first-order chi connectivity index (χ1) is 13.9. The van der Waals surface area contributed by atoms with Crippen LogP contribution in [0.15, 0.2) is 47.3 Å². The molecule has 2 saturated heterocycles. The number of benzene rings is 2. The van der Waals surface area contributed by atoms with Crippen molar-refractivity contribution in [1.29, 1.82) is 0 Å². The fourth-order valence-corrected chi connectivity index (χ4v) is 5.30. The predicted molar refractivity (Wildman–Crippen MR) is 110 cm³/mol. The lowest BCUT2D eigenvalue weighted by Gasteiger charge is -2.39. The fraction of sp³-hybridized carbons (Fsp3) is 0.391. The molecule has 150 valence electrons. The molecule has 0 N–H and O–H groups in total. The van der Waals surface area contributed by atoms with Crippen LogP contribution < -0.4 is 5.69 Å². The Morgan fingerprint density at radius 2 is 1.55 bits per heavy atom. The number of imidazole rings is 1. The van der Waals surface area contributed by atoms with Crippen molar-refractivity contribution >= 4 is 16.9 Å². The van der Waals surface area contributed by atoms with Crippen molar-refractivity contribution in [1.82, 2.24) is 14.0 Å². The summed E-state index contributed by atoms with van der Waals surface area (Å²) in [5.41, 5.74) is 3.31. The molecular weight excluding hydrogens is 369 g/mol. The van der Waals surface area contributed by atoms with Crippen molar-refractivity contribution in [2.75, 3.05) is 0 Å². The fourth-order valence-electron chi connectivity index (χ4n) is 5.30. The smallest absolute Gasteiger partial charge is 0.328 e. The largest absolute Gasteiger partial charge is 0.333 e. The van der Waals surface area contributed by atoms with Crippen molar-refractivity contribution in [2.24, 2.45) is 14.1 Å². The van der Waals surface area contributed by atoms with Gasteiger partial charge in [0.1, 0.15) is 5.82 Å². The Kier molecular flexibility index (Phi) is 4.12. The highest BCUT2D eigenvalue weighted by Gasteiger charge is 2.43. The van der Waals surface area contributed by atoms with E-state index in [-0.39, 0.29) is 29.5 Å². The van der Waals surface area contributed by atoms with E-state index in [2.05, 4.69) is 4.90 Å². The van der Waals surface area contributed by atoms with Crippen molar-refractivity contribution in [3.63, 3.8) is 0 Å². The summed E-state index contributed by atoms with van der Waals surface area (Å²) < 4.78 is 16.4. The molecule has 2 aromatic carbocycles. The normalized spacial score (nSPS) is 23.7. The van der Waals surface area contributed by atoms with E-state index >= 15 is 0 Å². The Morgan fingerprint density at radius 1 is 0.931 bits per heavy atom. The Bertz CT molecular complexity index is 1150. The molecule has 5 rings (SSSR count). The van der Waals surface area contributed by atoms with Crippen LogP contribution in [0.3, 0.4) is 0 Å². The number of aryl methyl sites for hydroxylation is 2. The van der Waals surface area contributed by atoms with Gasteiger partial charge in [0.25, 0.3) is 5.91 Å². The van der Waals surface area contributed by atoms with Gasteiger partial charge in [-0.05, 0) is 67.5 Å². The maximum atomic E-state index is 13.4. The monoisotopic (exact) mass is 393 g/mol. The number of nitrogens with zero attached hydrogens (tertiary/aromatic N) is 3. The minimum absolute atomic E-state index is 0.0493. The third-order valence-electron chi connectivity index (χ3n) is 6.83. The van der Waals surface area contributed by atoms with Crippen LogP contribution in [0.25, 0.3) is 11.0 Å². The van der Waals surface area contributed by atoms with E-state index in [0.717, 1.165) is 42.3 Å². The third-order valence-corrected chi connectivity index (χ3v) is 6.83. The van der Waals surface area contributed by atoms with Crippen LogP contribution >= 0.6 is 0 Å². The van der Waals surface area contributed by atoms with E-state index in [1.54, 1.807) is 23.2 Å². The summed E-state index contributed by atoms with van der Waals surface area (Å²) in [5.74, 6) is 0.206. The van der Waals surface area contributed by atoms with Gasteiger partial charge in [0.15, 0.2) is 0 Å². The molecule has 0 radical (unpaired) electrons. The molecule has 6 heteroatoms. The van der Waals surface area contributed by atoms with Crippen LogP contribution in [0.5, 0.6) is 0 Å². The molecule has 0 saturated carbocycles. The second-order valence-corrected chi connectivity index (χ2v) is 8.42. The number of hydrogen-bond donors (Lipinski definition) is 0. The van der Waals surface area contributed by atoms with Crippen LogP contribution in [0.4, 0.5) is 4.39 Å². The molecule has 1 amide bonds. The van der Waals surface area contributed by atoms with E-state index in [0.29, 0.717) is 11.5 Å². The quantitative estimate of drug-likeness (QED) is 0.668. The molecule has 0 spiro atoms. The molecule has 2 fully saturated rings. The van der Waals surface area contributed by atoms with Gasteiger partial charge in [-0.2, -0.15) is 0 Å². The number of amides is 1. The first-order valence-electron chi connectivity index (χ1n) is 10.2. The molecule has 3 atom stereocenters. The molecule has 2 aliphatic rings. The van der Waals surface area contributed by atoms with Crippen LogP contribution in [0, 0.1) is 5.82 Å². The SMILES string of the molecule is Cn1c(=O)n(C)c2cc(C(=O)N3[C@@H]4CC[C@H]3C[C@@H](c3ccc(F)cc3)C4)ccc21. The molecule has 1 aromatic heterocycles. The van der Waals surface area contributed by atoms with Crippen LogP contribution in [0.2, 0.25) is 0 Å². The lowest BCUT2D eigenvalue weighted by molar-refractivity contribution is 0.0571. The summed E-state index contributed by atoms with van der Waals surface area (Å²) in [6, 6.07) is 12.7. The summed E-state index contributed by atoms with van der Waals surface area (Å²) >= 11 is 0. The van der Waals surface area contributed by atoms with E-state index in [1.165, 1.54) is 12.1 Å². The number of hydrogen-bond acceptors (Lipinski definition) is 2. The average molecular weight is 393 g/mol. The maximum Gasteiger partial charge on any atom is 0.328 e. The highest BCUT2D eigenvalue weighted by atomic mass is 19.1. The highest BCUT2D eigenvalue weighted by molar-refractivity contribution is 5.98. The van der Waals surface area contributed by atoms with Gasteiger partial charge in [-0.25, -0.2) is 9.18 Å².